The Morgan fingerprint density at radius 2 is 1.94 bits per heavy atom. The number of aliphatic imine (C=N–C) groups is 1. The molecule has 0 saturated carbocycles. The predicted octanol–water partition coefficient (Wildman–Crippen LogP) is 4.47. The van der Waals surface area contributed by atoms with E-state index in [1.165, 1.54) is 0 Å². The first-order valence-electron chi connectivity index (χ1n) is 10.3. The molecule has 4 aromatic rings. The Morgan fingerprint density at radius 1 is 1.10 bits per heavy atom. The van der Waals surface area contributed by atoms with Gasteiger partial charge < -0.3 is 10.3 Å². The number of para-hydroxylation sites is 2. The summed E-state index contributed by atoms with van der Waals surface area (Å²) in [6.07, 6.45) is 5.31. The van der Waals surface area contributed by atoms with Crippen LogP contribution < -0.4 is 5.32 Å². The molecule has 5 rings (SSSR count). The summed E-state index contributed by atoms with van der Waals surface area (Å²) in [5, 5.41) is 7.63. The van der Waals surface area contributed by atoms with E-state index in [1.807, 2.05) is 67.1 Å². The molecule has 0 atom stereocenters. The molecular formula is C24H22N6O. The van der Waals surface area contributed by atoms with E-state index >= 15 is 0 Å². The highest BCUT2D eigenvalue weighted by Crippen LogP contribution is 2.29. The van der Waals surface area contributed by atoms with Crippen LogP contribution in [0.1, 0.15) is 34.6 Å². The van der Waals surface area contributed by atoms with Gasteiger partial charge in [-0.2, -0.15) is 5.10 Å². The van der Waals surface area contributed by atoms with Crippen molar-refractivity contribution >= 4 is 22.8 Å². The second-order valence-electron chi connectivity index (χ2n) is 7.53. The number of H-pyrrole nitrogens is 1. The number of hydrogen-bond acceptors (Lipinski definition) is 4. The summed E-state index contributed by atoms with van der Waals surface area (Å²) < 4.78 is 1.92. The Bertz CT molecular complexity index is 1340. The van der Waals surface area contributed by atoms with Crippen molar-refractivity contribution < 1.29 is 4.79 Å². The number of aryl methyl sites for hydroxylation is 1. The van der Waals surface area contributed by atoms with Crippen LogP contribution in [0.3, 0.4) is 0 Å². The number of rotatable bonds is 3. The van der Waals surface area contributed by atoms with E-state index in [1.54, 1.807) is 12.3 Å². The number of amidine groups is 1. The first-order chi connectivity index (χ1) is 15.1. The number of amides is 1. The van der Waals surface area contributed by atoms with E-state index in [2.05, 4.69) is 15.3 Å². The number of benzene rings is 2. The number of hydrogen-bond donors (Lipinski definition) is 2. The fourth-order valence-electron chi connectivity index (χ4n) is 3.93. The van der Waals surface area contributed by atoms with Crippen LogP contribution in [0.25, 0.3) is 28.1 Å². The lowest BCUT2D eigenvalue weighted by Crippen LogP contribution is -2.31. The minimum Gasteiger partial charge on any atom is -0.338 e. The topological polar surface area (TPSA) is 88.0 Å². The molecule has 3 heterocycles. The molecule has 0 radical (unpaired) electrons. The van der Waals surface area contributed by atoms with Crippen molar-refractivity contribution in [1.82, 2.24) is 25.1 Å². The van der Waals surface area contributed by atoms with Crippen molar-refractivity contribution in [3.05, 3.63) is 77.8 Å². The number of carbonyl (C=O) groups is 1. The van der Waals surface area contributed by atoms with Crippen LogP contribution in [0.4, 0.5) is 0 Å². The molecule has 1 aliphatic rings. The number of fused-ring (bicyclic) bond motifs is 1. The Morgan fingerprint density at radius 3 is 2.71 bits per heavy atom. The fourth-order valence-corrected chi connectivity index (χ4v) is 3.93. The molecule has 0 unspecified atom stereocenters. The number of imidazole rings is 1. The number of allylic oxidation sites excluding steroid dienone is 1. The summed E-state index contributed by atoms with van der Waals surface area (Å²) >= 11 is 0. The highest BCUT2D eigenvalue weighted by atomic mass is 16.1. The van der Waals surface area contributed by atoms with Gasteiger partial charge in [0.2, 0.25) is 0 Å². The van der Waals surface area contributed by atoms with Crippen LogP contribution in [-0.2, 0) is 0 Å². The van der Waals surface area contributed by atoms with Crippen molar-refractivity contribution in [3.8, 4) is 17.1 Å². The standard InChI is InChI=1S/C24H22N6O/c1-15-21(16(2)30(29-15)17-9-4-3-5-10-17)23-26-19-12-8-11-18(22(19)28-23)24(31)27-20-13-6-7-14-25-20/h3-5,7-12,14H,6,13H2,1-2H3,(H,26,28)(H,25,27,31). The van der Waals surface area contributed by atoms with Crippen molar-refractivity contribution in [1.29, 1.82) is 0 Å². The van der Waals surface area contributed by atoms with Gasteiger partial charge in [0.1, 0.15) is 17.2 Å². The molecule has 7 heteroatoms. The summed E-state index contributed by atoms with van der Waals surface area (Å²) in [4.78, 5) is 25.3. The van der Waals surface area contributed by atoms with Gasteiger partial charge in [0.15, 0.2) is 0 Å². The number of nitrogens with one attached hydrogen (secondary N) is 2. The summed E-state index contributed by atoms with van der Waals surface area (Å²) in [5.74, 6) is 1.17. The molecule has 0 fully saturated rings. The van der Waals surface area contributed by atoms with Gasteiger partial charge in [-0.3, -0.25) is 4.79 Å². The number of aromatic nitrogens is 4. The first kappa shape index (κ1) is 19.0. The third-order valence-electron chi connectivity index (χ3n) is 5.43. The zero-order chi connectivity index (χ0) is 21.4. The van der Waals surface area contributed by atoms with Gasteiger partial charge in [-0.25, -0.2) is 14.7 Å². The molecule has 2 N–H and O–H groups in total. The van der Waals surface area contributed by atoms with Gasteiger partial charge >= 0.3 is 0 Å². The van der Waals surface area contributed by atoms with Gasteiger partial charge in [0.25, 0.3) is 5.91 Å². The quantitative estimate of drug-likeness (QED) is 0.522. The molecule has 7 nitrogen and oxygen atoms in total. The third kappa shape index (κ3) is 3.44. The molecule has 2 aromatic heterocycles. The van der Waals surface area contributed by atoms with Gasteiger partial charge in [0, 0.05) is 12.6 Å². The maximum absolute atomic E-state index is 12.9. The van der Waals surface area contributed by atoms with Crippen molar-refractivity contribution in [2.45, 2.75) is 26.7 Å². The average molecular weight is 410 g/mol. The molecule has 0 spiro atoms. The minimum atomic E-state index is -0.203. The Labute approximate surface area is 179 Å². The second-order valence-corrected chi connectivity index (χ2v) is 7.53. The maximum atomic E-state index is 12.9. The summed E-state index contributed by atoms with van der Waals surface area (Å²) in [6, 6.07) is 15.6. The Hall–Kier alpha value is -4.00. The number of nitrogens with zero attached hydrogens (tertiary/aromatic N) is 4. The third-order valence-corrected chi connectivity index (χ3v) is 5.43. The lowest BCUT2D eigenvalue weighted by molar-refractivity contribution is 0.0977. The van der Waals surface area contributed by atoms with E-state index in [9.17, 15) is 4.79 Å². The zero-order valence-electron chi connectivity index (χ0n) is 17.4. The van der Waals surface area contributed by atoms with Crippen LogP contribution in [0.5, 0.6) is 0 Å². The van der Waals surface area contributed by atoms with Gasteiger partial charge in [-0.05, 0) is 44.5 Å². The Kier molecular flexibility index (Phi) is 4.71. The molecular weight excluding hydrogens is 388 g/mol. The molecule has 0 saturated heterocycles. The van der Waals surface area contributed by atoms with E-state index in [4.69, 9.17) is 10.1 Å². The molecule has 0 aliphatic carbocycles. The SMILES string of the molecule is Cc1nn(-c2ccccc2)c(C)c1-c1nc2c(C(=O)NC3=NC=CCC3)cccc2[nH]1. The monoisotopic (exact) mass is 410 g/mol. The van der Waals surface area contributed by atoms with Gasteiger partial charge in [0.05, 0.1) is 33.7 Å². The maximum Gasteiger partial charge on any atom is 0.258 e. The van der Waals surface area contributed by atoms with Crippen molar-refractivity contribution in [2.24, 2.45) is 4.99 Å². The molecule has 0 bridgehead atoms. The molecule has 154 valence electrons. The first-order valence-corrected chi connectivity index (χ1v) is 10.3. The average Bonchev–Trinajstić information content (AvgIpc) is 3.34. The molecule has 2 aromatic carbocycles. The second kappa shape index (κ2) is 7.68. The van der Waals surface area contributed by atoms with Gasteiger partial charge in [-0.15, -0.1) is 0 Å². The van der Waals surface area contributed by atoms with Crippen LogP contribution in [-0.4, -0.2) is 31.5 Å². The lowest BCUT2D eigenvalue weighted by Gasteiger charge is -2.09. The highest BCUT2D eigenvalue weighted by Gasteiger charge is 2.20. The Balaban J connectivity index is 1.55. The van der Waals surface area contributed by atoms with Crippen molar-refractivity contribution in [2.75, 3.05) is 0 Å². The summed E-state index contributed by atoms with van der Waals surface area (Å²) in [7, 11) is 0. The van der Waals surface area contributed by atoms with Crippen LogP contribution in [0.15, 0.2) is 65.8 Å². The van der Waals surface area contributed by atoms with Crippen molar-refractivity contribution in [3.63, 3.8) is 0 Å². The number of aromatic amines is 1. The molecule has 1 aliphatic heterocycles. The van der Waals surface area contributed by atoms with Crippen LogP contribution in [0.2, 0.25) is 0 Å². The van der Waals surface area contributed by atoms with E-state index < -0.39 is 0 Å². The van der Waals surface area contributed by atoms with E-state index in [0.717, 1.165) is 41.0 Å². The normalized spacial score (nSPS) is 13.4. The minimum absolute atomic E-state index is 0.203. The van der Waals surface area contributed by atoms with Crippen LogP contribution in [0, 0.1) is 13.8 Å². The van der Waals surface area contributed by atoms with E-state index in [-0.39, 0.29) is 5.91 Å². The zero-order valence-corrected chi connectivity index (χ0v) is 17.4. The smallest absolute Gasteiger partial charge is 0.258 e. The lowest BCUT2D eigenvalue weighted by atomic mass is 10.1. The van der Waals surface area contributed by atoms with Gasteiger partial charge in [-0.1, -0.05) is 30.3 Å². The predicted molar refractivity (Wildman–Crippen MR) is 121 cm³/mol. The summed E-state index contributed by atoms with van der Waals surface area (Å²) in [5.41, 5.74) is 5.74. The largest absolute Gasteiger partial charge is 0.338 e. The summed E-state index contributed by atoms with van der Waals surface area (Å²) in [6.45, 7) is 4.00. The molecule has 31 heavy (non-hydrogen) atoms. The molecule has 1 amide bonds. The van der Waals surface area contributed by atoms with E-state index in [0.29, 0.717) is 22.7 Å². The van der Waals surface area contributed by atoms with Crippen LogP contribution >= 0.6 is 0 Å². The number of carbonyl (C=O) groups excluding carboxylic acids is 1. The highest BCUT2D eigenvalue weighted by molar-refractivity contribution is 6.12. The fraction of sp³-hybridized carbons (Fsp3) is 0.167.